The highest BCUT2D eigenvalue weighted by atomic mass is 16.5. The normalized spacial score (nSPS) is 12.2. The minimum atomic E-state index is 0.0710. The van der Waals surface area contributed by atoms with Crippen LogP contribution in [-0.2, 0) is 11.3 Å². The quantitative estimate of drug-likeness (QED) is 0.635. The summed E-state index contributed by atoms with van der Waals surface area (Å²) in [7, 11) is 1.69. The minimum Gasteiger partial charge on any atom is -0.493 e. The van der Waals surface area contributed by atoms with Crippen LogP contribution in [0.3, 0.4) is 0 Å². The molecule has 1 rings (SSSR count). The lowest BCUT2D eigenvalue weighted by Gasteiger charge is -2.16. The molecule has 0 bridgehead atoms. The lowest BCUT2D eigenvalue weighted by Crippen LogP contribution is -2.18. The van der Waals surface area contributed by atoms with Gasteiger partial charge in [-0.05, 0) is 32.4 Å². The molecule has 0 aromatic heterocycles. The molecular weight excluding hydrogens is 266 g/mol. The van der Waals surface area contributed by atoms with Crippen molar-refractivity contribution in [1.82, 2.24) is 5.32 Å². The van der Waals surface area contributed by atoms with Crippen LogP contribution in [0.5, 0.6) is 11.5 Å². The molecule has 1 aromatic carbocycles. The van der Waals surface area contributed by atoms with E-state index in [2.05, 4.69) is 25.2 Å². The SMILES string of the molecule is CCCNCc1ccc(OCCC)cc1OCC(C)OC. The summed E-state index contributed by atoms with van der Waals surface area (Å²) in [4.78, 5) is 0. The fraction of sp³-hybridized carbons (Fsp3) is 0.647. The van der Waals surface area contributed by atoms with E-state index in [1.807, 2.05) is 19.1 Å². The molecule has 0 spiro atoms. The number of ether oxygens (including phenoxy) is 3. The third kappa shape index (κ3) is 6.82. The van der Waals surface area contributed by atoms with Gasteiger partial charge in [0.2, 0.25) is 0 Å². The molecule has 21 heavy (non-hydrogen) atoms. The highest BCUT2D eigenvalue weighted by molar-refractivity contribution is 5.40. The molecule has 0 aliphatic heterocycles. The Hall–Kier alpha value is -1.26. The number of nitrogens with one attached hydrogen (secondary N) is 1. The molecule has 4 nitrogen and oxygen atoms in total. The largest absolute Gasteiger partial charge is 0.493 e. The third-order valence-electron chi connectivity index (χ3n) is 3.13. The molecule has 0 radical (unpaired) electrons. The van der Waals surface area contributed by atoms with Crippen LogP contribution in [0.25, 0.3) is 0 Å². The molecule has 0 fully saturated rings. The van der Waals surface area contributed by atoms with Crippen LogP contribution < -0.4 is 14.8 Å². The molecule has 4 heteroatoms. The van der Waals surface area contributed by atoms with E-state index in [1.54, 1.807) is 7.11 Å². The van der Waals surface area contributed by atoms with Crippen LogP contribution in [0.15, 0.2) is 18.2 Å². The summed E-state index contributed by atoms with van der Waals surface area (Å²) in [6.45, 7) is 9.32. The van der Waals surface area contributed by atoms with E-state index in [0.717, 1.165) is 49.6 Å². The number of hydrogen-bond acceptors (Lipinski definition) is 4. The van der Waals surface area contributed by atoms with Crippen molar-refractivity contribution in [3.05, 3.63) is 23.8 Å². The molecule has 1 aromatic rings. The average Bonchev–Trinajstić information content (AvgIpc) is 2.52. The van der Waals surface area contributed by atoms with Gasteiger partial charge in [0.05, 0.1) is 12.7 Å². The fourth-order valence-corrected chi connectivity index (χ4v) is 1.80. The van der Waals surface area contributed by atoms with Crippen LogP contribution in [0, 0.1) is 0 Å². The molecule has 0 heterocycles. The molecule has 0 amide bonds. The lowest BCUT2D eigenvalue weighted by molar-refractivity contribution is 0.0711. The minimum absolute atomic E-state index is 0.0710. The topological polar surface area (TPSA) is 39.7 Å². The van der Waals surface area contributed by atoms with Crippen molar-refractivity contribution in [3.8, 4) is 11.5 Å². The zero-order valence-electron chi connectivity index (χ0n) is 13.8. The molecular formula is C17H29NO3. The first-order valence-corrected chi connectivity index (χ1v) is 7.83. The van der Waals surface area contributed by atoms with Crippen molar-refractivity contribution >= 4 is 0 Å². The van der Waals surface area contributed by atoms with E-state index in [1.165, 1.54) is 0 Å². The first-order chi connectivity index (χ1) is 10.2. The van der Waals surface area contributed by atoms with Gasteiger partial charge in [0.15, 0.2) is 0 Å². The van der Waals surface area contributed by atoms with E-state index in [0.29, 0.717) is 6.61 Å². The van der Waals surface area contributed by atoms with Crippen LogP contribution in [0.1, 0.15) is 39.2 Å². The van der Waals surface area contributed by atoms with Crippen molar-refractivity contribution in [1.29, 1.82) is 0 Å². The molecule has 0 saturated heterocycles. The maximum Gasteiger partial charge on any atom is 0.127 e. The Morgan fingerprint density at radius 2 is 1.95 bits per heavy atom. The van der Waals surface area contributed by atoms with Crippen molar-refractivity contribution in [2.75, 3.05) is 26.9 Å². The van der Waals surface area contributed by atoms with Gasteiger partial charge in [-0.25, -0.2) is 0 Å². The van der Waals surface area contributed by atoms with Gasteiger partial charge < -0.3 is 19.5 Å². The third-order valence-corrected chi connectivity index (χ3v) is 3.13. The summed E-state index contributed by atoms with van der Waals surface area (Å²) in [5.74, 6) is 1.73. The Kier molecular flexibility index (Phi) is 8.87. The maximum atomic E-state index is 5.90. The predicted molar refractivity (Wildman–Crippen MR) is 86.2 cm³/mol. The van der Waals surface area contributed by atoms with Gasteiger partial charge in [0, 0.05) is 25.3 Å². The summed E-state index contributed by atoms with van der Waals surface area (Å²) in [5, 5.41) is 3.40. The van der Waals surface area contributed by atoms with E-state index in [9.17, 15) is 0 Å². The Balaban J connectivity index is 2.73. The molecule has 1 unspecified atom stereocenters. The molecule has 0 saturated carbocycles. The number of benzene rings is 1. The zero-order valence-corrected chi connectivity index (χ0v) is 13.8. The second kappa shape index (κ2) is 10.5. The predicted octanol–water partition coefficient (Wildman–Crippen LogP) is 3.39. The van der Waals surface area contributed by atoms with Crippen LogP contribution in [0.4, 0.5) is 0 Å². The lowest BCUT2D eigenvalue weighted by atomic mass is 10.2. The summed E-state index contributed by atoms with van der Waals surface area (Å²) in [5.41, 5.74) is 1.15. The van der Waals surface area contributed by atoms with Gasteiger partial charge in [-0.3, -0.25) is 0 Å². The average molecular weight is 295 g/mol. The van der Waals surface area contributed by atoms with Crippen molar-refractivity contribution in [2.45, 2.75) is 46.3 Å². The van der Waals surface area contributed by atoms with E-state index >= 15 is 0 Å². The zero-order chi connectivity index (χ0) is 15.5. The van der Waals surface area contributed by atoms with Gasteiger partial charge in [0.25, 0.3) is 0 Å². The Morgan fingerprint density at radius 1 is 1.14 bits per heavy atom. The molecule has 0 aliphatic rings. The number of hydrogen-bond donors (Lipinski definition) is 1. The number of rotatable bonds is 11. The van der Waals surface area contributed by atoms with Crippen LogP contribution >= 0.6 is 0 Å². The Bertz CT molecular complexity index is 396. The Morgan fingerprint density at radius 3 is 2.62 bits per heavy atom. The van der Waals surface area contributed by atoms with Crippen molar-refractivity contribution in [2.24, 2.45) is 0 Å². The van der Waals surface area contributed by atoms with Crippen LogP contribution in [0.2, 0.25) is 0 Å². The summed E-state index contributed by atoms with van der Waals surface area (Å²) < 4.78 is 16.8. The maximum absolute atomic E-state index is 5.90. The molecule has 1 N–H and O–H groups in total. The summed E-state index contributed by atoms with van der Waals surface area (Å²) >= 11 is 0. The monoisotopic (exact) mass is 295 g/mol. The van der Waals surface area contributed by atoms with Crippen LogP contribution in [-0.4, -0.2) is 33.0 Å². The van der Waals surface area contributed by atoms with Gasteiger partial charge in [0.1, 0.15) is 18.1 Å². The summed E-state index contributed by atoms with van der Waals surface area (Å²) in [6.07, 6.45) is 2.19. The van der Waals surface area contributed by atoms with E-state index in [4.69, 9.17) is 14.2 Å². The second-order valence-electron chi connectivity index (χ2n) is 5.15. The summed E-state index contributed by atoms with van der Waals surface area (Å²) in [6, 6.07) is 6.05. The second-order valence-corrected chi connectivity index (χ2v) is 5.15. The smallest absolute Gasteiger partial charge is 0.127 e. The van der Waals surface area contributed by atoms with E-state index < -0.39 is 0 Å². The molecule has 1 atom stereocenters. The molecule has 120 valence electrons. The Labute approximate surface area is 128 Å². The fourth-order valence-electron chi connectivity index (χ4n) is 1.80. The van der Waals surface area contributed by atoms with Gasteiger partial charge in [-0.1, -0.05) is 19.9 Å². The van der Waals surface area contributed by atoms with Crippen molar-refractivity contribution in [3.63, 3.8) is 0 Å². The van der Waals surface area contributed by atoms with Gasteiger partial charge >= 0.3 is 0 Å². The molecule has 0 aliphatic carbocycles. The van der Waals surface area contributed by atoms with E-state index in [-0.39, 0.29) is 6.10 Å². The first-order valence-electron chi connectivity index (χ1n) is 7.83. The van der Waals surface area contributed by atoms with Gasteiger partial charge in [-0.2, -0.15) is 0 Å². The van der Waals surface area contributed by atoms with Crippen molar-refractivity contribution < 1.29 is 14.2 Å². The highest BCUT2D eigenvalue weighted by Crippen LogP contribution is 2.25. The van der Waals surface area contributed by atoms with Gasteiger partial charge in [-0.15, -0.1) is 0 Å². The standard InChI is InChI=1S/C17H29NO3/c1-5-9-18-12-15-7-8-16(20-10-6-2)11-17(15)21-13-14(3)19-4/h7-8,11,14,18H,5-6,9-10,12-13H2,1-4H3. The number of methoxy groups -OCH3 is 1. The highest BCUT2D eigenvalue weighted by Gasteiger charge is 2.08. The first kappa shape index (κ1) is 17.8.